The zero-order chi connectivity index (χ0) is 18.9. The smallest absolute Gasteiger partial charge is 0.120 e. The summed E-state index contributed by atoms with van der Waals surface area (Å²) in [7, 11) is 0. The summed E-state index contributed by atoms with van der Waals surface area (Å²) in [4.78, 5) is -0.141. The maximum atomic E-state index is 6.45. The Kier molecular flexibility index (Phi) is 4.92. The summed E-state index contributed by atoms with van der Waals surface area (Å²) in [5.41, 5.74) is 2.16. The molecule has 1 heterocycles. The van der Waals surface area contributed by atoms with E-state index in [4.69, 9.17) is 9.47 Å². The van der Waals surface area contributed by atoms with Crippen molar-refractivity contribution in [2.75, 3.05) is 5.75 Å². The van der Waals surface area contributed by atoms with Crippen molar-refractivity contribution in [2.24, 2.45) is 0 Å². The van der Waals surface area contributed by atoms with E-state index in [1.807, 2.05) is 17.8 Å². The highest BCUT2D eigenvalue weighted by atomic mass is 32.2. The first kappa shape index (κ1) is 18.4. The van der Waals surface area contributed by atoms with Crippen LogP contribution in [-0.2, 0) is 16.9 Å². The van der Waals surface area contributed by atoms with Gasteiger partial charge in [-0.05, 0) is 60.4 Å². The first-order valence-corrected chi connectivity index (χ1v) is 10.5. The van der Waals surface area contributed by atoms with Gasteiger partial charge in [0.05, 0.1) is 0 Å². The van der Waals surface area contributed by atoms with E-state index in [1.54, 1.807) is 0 Å². The Morgan fingerprint density at radius 1 is 0.963 bits per heavy atom. The lowest BCUT2D eigenvalue weighted by Crippen LogP contribution is -2.30. The van der Waals surface area contributed by atoms with Crippen LogP contribution in [0.15, 0.2) is 66.7 Å². The number of benzene rings is 3. The molecule has 0 spiro atoms. The largest absolute Gasteiger partial charge is 0.489 e. The summed E-state index contributed by atoms with van der Waals surface area (Å²) in [5.74, 6) is 1.87. The Labute approximate surface area is 165 Å². The van der Waals surface area contributed by atoms with Gasteiger partial charge in [-0.2, -0.15) is 0 Å². The number of rotatable bonds is 5. The van der Waals surface area contributed by atoms with Crippen LogP contribution in [0.5, 0.6) is 5.75 Å². The molecule has 2 nitrogen and oxygen atoms in total. The van der Waals surface area contributed by atoms with Crippen LogP contribution in [0.1, 0.15) is 38.3 Å². The second-order valence-electron chi connectivity index (χ2n) is 7.64. The standard InChI is InChI=1S/C24H26O2S/c1-4-24(17-27-23(2,3)26-24)21-10-7-11-22(15-21)25-16-18-12-13-19-8-5-6-9-20(19)14-18/h5-15H,4,16-17H2,1-3H3. The van der Waals surface area contributed by atoms with Crippen molar-refractivity contribution in [2.45, 2.75) is 44.3 Å². The third-order valence-electron chi connectivity index (χ3n) is 5.24. The number of fused-ring (bicyclic) bond motifs is 1. The van der Waals surface area contributed by atoms with Gasteiger partial charge in [-0.25, -0.2) is 0 Å². The molecule has 0 aromatic heterocycles. The molecule has 0 aliphatic carbocycles. The predicted octanol–water partition coefficient (Wildman–Crippen LogP) is 6.52. The molecule has 0 amide bonds. The van der Waals surface area contributed by atoms with Gasteiger partial charge in [-0.1, -0.05) is 55.5 Å². The lowest BCUT2D eigenvalue weighted by Gasteiger charge is -2.30. The van der Waals surface area contributed by atoms with E-state index in [1.165, 1.54) is 21.9 Å². The van der Waals surface area contributed by atoms with Crippen LogP contribution in [0.2, 0.25) is 0 Å². The molecular formula is C24H26O2S. The molecular weight excluding hydrogens is 352 g/mol. The molecule has 140 valence electrons. The van der Waals surface area contributed by atoms with Crippen LogP contribution < -0.4 is 4.74 Å². The number of ether oxygens (including phenoxy) is 2. The van der Waals surface area contributed by atoms with Gasteiger partial charge < -0.3 is 9.47 Å². The van der Waals surface area contributed by atoms with Crippen LogP contribution in [0.4, 0.5) is 0 Å². The molecule has 1 fully saturated rings. The van der Waals surface area contributed by atoms with Crippen molar-refractivity contribution < 1.29 is 9.47 Å². The fourth-order valence-electron chi connectivity index (χ4n) is 3.70. The molecule has 27 heavy (non-hydrogen) atoms. The van der Waals surface area contributed by atoms with Crippen molar-refractivity contribution >= 4 is 22.5 Å². The molecule has 0 radical (unpaired) electrons. The molecule has 1 atom stereocenters. The molecule has 0 saturated carbocycles. The summed E-state index contributed by atoms with van der Waals surface area (Å²) in [6.07, 6.45) is 0.956. The van der Waals surface area contributed by atoms with E-state index >= 15 is 0 Å². The maximum Gasteiger partial charge on any atom is 0.120 e. The minimum Gasteiger partial charge on any atom is -0.489 e. The number of thioether (sulfide) groups is 1. The first-order valence-electron chi connectivity index (χ1n) is 9.55. The number of hydrogen-bond acceptors (Lipinski definition) is 3. The second-order valence-corrected chi connectivity index (χ2v) is 9.20. The Morgan fingerprint density at radius 2 is 1.78 bits per heavy atom. The van der Waals surface area contributed by atoms with Crippen LogP contribution >= 0.6 is 11.8 Å². The highest BCUT2D eigenvalue weighted by Crippen LogP contribution is 2.49. The predicted molar refractivity (Wildman–Crippen MR) is 114 cm³/mol. The van der Waals surface area contributed by atoms with Crippen molar-refractivity contribution in [1.82, 2.24) is 0 Å². The van der Waals surface area contributed by atoms with E-state index in [2.05, 4.69) is 81.4 Å². The zero-order valence-electron chi connectivity index (χ0n) is 16.2. The molecule has 1 aliphatic heterocycles. The fourth-order valence-corrected chi connectivity index (χ4v) is 4.93. The van der Waals surface area contributed by atoms with Crippen molar-refractivity contribution in [3.05, 3.63) is 77.9 Å². The highest BCUT2D eigenvalue weighted by molar-refractivity contribution is 8.00. The van der Waals surface area contributed by atoms with Crippen molar-refractivity contribution in [3.63, 3.8) is 0 Å². The SMILES string of the molecule is CCC1(c2cccc(OCc3ccc4ccccc4c3)c2)CSC(C)(C)O1. The molecule has 1 aliphatic rings. The van der Waals surface area contributed by atoms with Gasteiger partial charge in [0.1, 0.15) is 22.9 Å². The van der Waals surface area contributed by atoms with E-state index in [-0.39, 0.29) is 10.5 Å². The van der Waals surface area contributed by atoms with E-state index < -0.39 is 0 Å². The summed E-state index contributed by atoms with van der Waals surface area (Å²) >= 11 is 1.88. The third-order valence-corrected chi connectivity index (χ3v) is 6.63. The van der Waals surface area contributed by atoms with Gasteiger partial charge >= 0.3 is 0 Å². The molecule has 4 rings (SSSR count). The second kappa shape index (κ2) is 7.21. The van der Waals surface area contributed by atoms with Gasteiger partial charge in [0, 0.05) is 5.75 Å². The minimum absolute atomic E-state index is 0.141. The van der Waals surface area contributed by atoms with Crippen LogP contribution in [0.25, 0.3) is 10.8 Å². The summed E-state index contributed by atoms with van der Waals surface area (Å²) < 4.78 is 12.6. The van der Waals surface area contributed by atoms with Crippen LogP contribution in [-0.4, -0.2) is 10.7 Å². The Hall–Kier alpha value is -1.97. The van der Waals surface area contributed by atoms with Gasteiger partial charge in [0.15, 0.2) is 0 Å². The first-order chi connectivity index (χ1) is 13.0. The molecule has 0 bridgehead atoms. The monoisotopic (exact) mass is 378 g/mol. The van der Waals surface area contributed by atoms with Crippen molar-refractivity contribution in [1.29, 1.82) is 0 Å². The average Bonchev–Trinajstić information content (AvgIpc) is 3.02. The van der Waals surface area contributed by atoms with E-state index in [0.29, 0.717) is 6.61 Å². The topological polar surface area (TPSA) is 18.5 Å². The van der Waals surface area contributed by atoms with E-state index in [9.17, 15) is 0 Å². The lowest BCUT2D eigenvalue weighted by atomic mass is 9.92. The Bertz CT molecular complexity index is 950. The van der Waals surface area contributed by atoms with Crippen LogP contribution in [0, 0.1) is 0 Å². The van der Waals surface area contributed by atoms with Gasteiger partial charge in [0.25, 0.3) is 0 Å². The Morgan fingerprint density at radius 3 is 2.52 bits per heavy atom. The molecule has 3 heteroatoms. The zero-order valence-corrected chi connectivity index (χ0v) is 17.0. The molecule has 1 unspecified atom stereocenters. The lowest BCUT2D eigenvalue weighted by molar-refractivity contribution is -0.0730. The third kappa shape index (κ3) is 3.85. The van der Waals surface area contributed by atoms with Crippen molar-refractivity contribution in [3.8, 4) is 5.75 Å². The van der Waals surface area contributed by atoms with Gasteiger partial charge in [-0.3, -0.25) is 0 Å². The summed E-state index contributed by atoms with van der Waals surface area (Å²) in [6.45, 7) is 7.06. The molecule has 3 aromatic carbocycles. The normalized spacial score (nSPS) is 21.4. The summed E-state index contributed by atoms with van der Waals surface area (Å²) in [6, 6.07) is 23.3. The average molecular weight is 379 g/mol. The minimum atomic E-state index is -0.226. The number of hydrogen-bond donors (Lipinski definition) is 0. The Balaban J connectivity index is 1.52. The maximum absolute atomic E-state index is 6.45. The highest BCUT2D eigenvalue weighted by Gasteiger charge is 2.45. The van der Waals surface area contributed by atoms with Gasteiger partial charge in [-0.15, -0.1) is 11.8 Å². The summed E-state index contributed by atoms with van der Waals surface area (Å²) in [5, 5.41) is 2.50. The quantitative estimate of drug-likeness (QED) is 0.503. The molecule has 0 N–H and O–H groups in total. The van der Waals surface area contributed by atoms with Crippen LogP contribution in [0.3, 0.4) is 0 Å². The fraction of sp³-hybridized carbons (Fsp3) is 0.333. The van der Waals surface area contributed by atoms with E-state index in [0.717, 1.165) is 17.9 Å². The molecule has 3 aromatic rings. The molecule has 1 saturated heterocycles. The van der Waals surface area contributed by atoms with Gasteiger partial charge in [0.2, 0.25) is 0 Å².